The molecule has 7 nitrogen and oxygen atoms in total. The van der Waals surface area contributed by atoms with Gasteiger partial charge in [0.2, 0.25) is 15.9 Å². The minimum atomic E-state index is -3.76. The number of anilines is 1. The predicted molar refractivity (Wildman–Crippen MR) is 114 cm³/mol. The smallest absolute Gasteiger partial charge is 0.243 e. The summed E-state index contributed by atoms with van der Waals surface area (Å²) in [4.78, 5) is 12.7. The molecular weight excluding hydrogens is 392 g/mol. The molecule has 1 unspecified atom stereocenters. The van der Waals surface area contributed by atoms with E-state index in [9.17, 15) is 13.2 Å². The van der Waals surface area contributed by atoms with E-state index in [2.05, 4.69) is 5.32 Å². The molecule has 0 bridgehead atoms. The van der Waals surface area contributed by atoms with E-state index in [0.29, 0.717) is 18.0 Å². The first-order chi connectivity index (χ1) is 13.8. The molecule has 1 N–H and O–H groups in total. The molecule has 0 heterocycles. The van der Waals surface area contributed by atoms with Crippen LogP contribution in [0.15, 0.2) is 48.5 Å². The predicted octanol–water partition coefficient (Wildman–Crippen LogP) is 2.61. The zero-order valence-corrected chi connectivity index (χ0v) is 18.0. The van der Waals surface area contributed by atoms with Gasteiger partial charge in [-0.15, -0.1) is 0 Å². The van der Waals surface area contributed by atoms with E-state index in [1.54, 1.807) is 25.1 Å². The molecule has 0 aliphatic heterocycles. The van der Waals surface area contributed by atoms with Gasteiger partial charge in [-0.3, -0.25) is 9.10 Å². The SMILES string of the molecule is COc1ccc(OC)c(N(C(C)C(=O)NCCCc2ccccc2)S(C)(=O)=O)c1. The molecule has 158 valence electrons. The average Bonchev–Trinajstić information content (AvgIpc) is 2.70. The standard InChI is InChI=1S/C21H28N2O5S/c1-16(21(24)22-14-8-11-17-9-6-5-7-10-17)23(29(4,25)26)19-15-18(27-2)12-13-20(19)28-3/h5-7,9-10,12-13,15-16H,8,11,14H2,1-4H3,(H,22,24). The molecule has 0 radical (unpaired) electrons. The number of rotatable bonds is 10. The molecule has 2 aromatic rings. The first kappa shape index (κ1) is 22.5. The van der Waals surface area contributed by atoms with Crippen LogP contribution in [0.3, 0.4) is 0 Å². The molecule has 1 atom stereocenters. The number of hydrogen-bond acceptors (Lipinski definition) is 5. The van der Waals surface area contributed by atoms with Crippen LogP contribution >= 0.6 is 0 Å². The second-order valence-corrected chi connectivity index (χ2v) is 8.51. The van der Waals surface area contributed by atoms with Crippen molar-refractivity contribution < 1.29 is 22.7 Å². The first-order valence-corrected chi connectivity index (χ1v) is 11.2. The van der Waals surface area contributed by atoms with Crippen molar-refractivity contribution in [1.29, 1.82) is 0 Å². The maximum absolute atomic E-state index is 12.7. The number of hydrogen-bond donors (Lipinski definition) is 1. The van der Waals surface area contributed by atoms with Gasteiger partial charge in [0.1, 0.15) is 17.5 Å². The van der Waals surface area contributed by atoms with Crippen LogP contribution in [-0.2, 0) is 21.2 Å². The molecule has 8 heteroatoms. The van der Waals surface area contributed by atoms with Crippen molar-refractivity contribution in [2.24, 2.45) is 0 Å². The normalized spacial score (nSPS) is 12.1. The number of nitrogens with zero attached hydrogens (tertiary/aromatic N) is 1. The molecule has 2 rings (SSSR count). The van der Waals surface area contributed by atoms with Crippen molar-refractivity contribution in [3.05, 3.63) is 54.1 Å². The maximum atomic E-state index is 12.7. The van der Waals surface area contributed by atoms with Crippen LogP contribution in [0.25, 0.3) is 0 Å². The molecule has 0 aliphatic rings. The summed E-state index contributed by atoms with van der Waals surface area (Å²) in [5, 5.41) is 2.82. The van der Waals surface area contributed by atoms with Gasteiger partial charge in [0.05, 0.1) is 26.2 Å². The van der Waals surface area contributed by atoms with Crippen LogP contribution in [0.2, 0.25) is 0 Å². The summed E-state index contributed by atoms with van der Waals surface area (Å²) < 4.78 is 36.6. The van der Waals surface area contributed by atoms with Crippen LogP contribution < -0.4 is 19.1 Å². The number of nitrogens with one attached hydrogen (secondary N) is 1. The molecule has 1 amide bonds. The monoisotopic (exact) mass is 420 g/mol. The molecule has 0 saturated heterocycles. The van der Waals surface area contributed by atoms with Crippen molar-refractivity contribution in [2.75, 3.05) is 31.3 Å². The summed E-state index contributed by atoms with van der Waals surface area (Å²) in [6, 6.07) is 13.8. The number of amides is 1. The molecule has 2 aromatic carbocycles. The second kappa shape index (κ2) is 10.2. The Morgan fingerprint density at radius 2 is 1.79 bits per heavy atom. The van der Waals surface area contributed by atoms with Gasteiger partial charge < -0.3 is 14.8 Å². The number of carbonyl (C=O) groups is 1. The molecule has 0 aliphatic carbocycles. The van der Waals surface area contributed by atoms with Crippen LogP contribution in [-0.4, -0.2) is 47.4 Å². The molecule has 0 spiro atoms. The molecule has 0 aromatic heterocycles. The number of carbonyl (C=O) groups excluding carboxylic acids is 1. The summed E-state index contributed by atoms with van der Waals surface area (Å²) in [6.45, 7) is 2.00. The molecule has 29 heavy (non-hydrogen) atoms. The summed E-state index contributed by atoms with van der Waals surface area (Å²) in [6.07, 6.45) is 2.64. The van der Waals surface area contributed by atoms with E-state index in [0.717, 1.165) is 23.4 Å². The Morgan fingerprint density at radius 1 is 1.10 bits per heavy atom. The Balaban J connectivity index is 2.13. The Bertz CT molecular complexity index is 916. The zero-order chi connectivity index (χ0) is 21.4. The molecule has 0 fully saturated rings. The van der Waals surface area contributed by atoms with Crippen LogP contribution in [0, 0.1) is 0 Å². The highest BCUT2D eigenvalue weighted by molar-refractivity contribution is 7.92. The van der Waals surface area contributed by atoms with Crippen LogP contribution in [0.1, 0.15) is 18.9 Å². The maximum Gasteiger partial charge on any atom is 0.243 e. The van der Waals surface area contributed by atoms with Gasteiger partial charge in [-0.1, -0.05) is 30.3 Å². The third-order valence-electron chi connectivity index (χ3n) is 4.50. The highest BCUT2D eigenvalue weighted by Crippen LogP contribution is 2.35. The van der Waals surface area contributed by atoms with Crippen molar-refractivity contribution in [1.82, 2.24) is 5.32 Å². The van der Waals surface area contributed by atoms with Gasteiger partial charge in [-0.05, 0) is 37.5 Å². The lowest BCUT2D eigenvalue weighted by molar-refractivity contribution is -0.121. The van der Waals surface area contributed by atoms with Gasteiger partial charge in [0.25, 0.3) is 0 Å². The number of ether oxygens (including phenoxy) is 2. The molecular formula is C21H28N2O5S. The number of sulfonamides is 1. The Hall–Kier alpha value is -2.74. The van der Waals surface area contributed by atoms with E-state index in [1.807, 2.05) is 30.3 Å². The number of aryl methyl sites for hydroxylation is 1. The Labute approximate surface area is 172 Å². The van der Waals surface area contributed by atoms with E-state index in [-0.39, 0.29) is 11.6 Å². The minimum Gasteiger partial charge on any atom is -0.497 e. The van der Waals surface area contributed by atoms with Crippen LogP contribution in [0.4, 0.5) is 5.69 Å². The number of benzene rings is 2. The fourth-order valence-electron chi connectivity index (χ4n) is 3.05. The van der Waals surface area contributed by atoms with E-state index >= 15 is 0 Å². The number of methoxy groups -OCH3 is 2. The summed E-state index contributed by atoms with van der Waals surface area (Å²) in [5.41, 5.74) is 1.44. The highest BCUT2D eigenvalue weighted by atomic mass is 32.2. The fraction of sp³-hybridized carbons (Fsp3) is 0.381. The lowest BCUT2D eigenvalue weighted by Gasteiger charge is -2.29. The highest BCUT2D eigenvalue weighted by Gasteiger charge is 2.31. The zero-order valence-electron chi connectivity index (χ0n) is 17.2. The summed E-state index contributed by atoms with van der Waals surface area (Å²) >= 11 is 0. The average molecular weight is 421 g/mol. The largest absolute Gasteiger partial charge is 0.497 e. The Morgan fingerprint density at radius 3 is 2.38 bits per heavy atom. The minimum absolute atomic E-state index is 0.251. The van der Waals surface area contributed by atoms with Gasteiger partial charge >= 0.3 is 0 Å². The summed E-state index contributed by atoms with van der Waals surface area (Å²) in [7, 11) is -0.827. The summed E-state index contributed by atoms with van der Waals surface area (Å²) in [5.74, 6) is 0.415. The lowest BCUT2D eigenvalue weighted by Crippen LogP contribution is -2.48. The van der Waals surface area contributed by atoms with Gasteiger partial charge in [-0.2, -0.15) is 0 Å². The third-order valence-corrected chi connectivity index (χ3v) is 5.72. The van der Waals surface area contributed by atoms with Crippen molar-refractivity contribution >= 4 is 21.6 Å². The van der Waals surface area contributed by atoms with Gasteiger partial charge in [-0.25, -0.2) is 8.42 Å². The first-order valence-electron chi connectivity index (χ1n) is 9.31. The third kappa shape index (κ3) is 6.12. The second-order valence-electron chi connectivity index (χ2n) is 6.65. The van der Waals surface area contributed by atoms with Crippen molar-refractivity contribution in [2.45, 2.75) is 25.8 Å². The van der Waals surface area contributed by atoms with Crippen LogP contribution in [0.5, 0.6) is 11.5 Å². The van der Waals surface area contributed by atoms with E-state index < -0.39 is 16.1 Å². The van der Waals surface area contributed by atoms with Crippen molar-refractivity contribution in [3.63, 3.8) is 0 Å². The topological polar surface area (TPSA) is 84.9 Å². The fourth-order valence-corrected chi connectivity index (χ4v) is 4.22. The molecule has 0 saturated carbocycles. The lowest BCUT2D eigenvalue weighted by atomic mass is 10.1. The van der Waals surface area contributed by atoms with Gasteiger partial charge in [0.15, 0.2) is 0 Å². The Kier molecular flexibility index (Phi) is 7.90. The quantitative estimate of drug-likeness (QED) is 0.597. The van der Waals surface area contributed by atoms with E-state index in [1.165, 1.54) is 19.8 Å². The van der Waals surface area contributed by atoms with Gasteiger partial charge in [0, 0.05) is 12.6 Å². The van der Waals surface area contributed by atoms with E-state index in [4.69, 9.17) is 9.47 Å². The van der Waals surface area contributed by atoms with Crippen molar-refractivity contribution in [3.8, 4) is 11.5 Å².